The molecule has 2 aliphatic heterocycles. The first-order chi connectivity index (χ1) is 15.0. The number of hydrogen-bond donors (Lipinski definition) is 1. The molecule has 0 radical (unpaired) electrons. The van der Waals surface area contributed by atoms with Gasteiger partial charge >= 0.3 is 0 Å². The molecule has 0 aliphatic carbocycles. The van der Waals surface area contributed by atoms with Crippen LogP contribution in [0.25, 0.3) is 0 Å². The van der Waals surface area contributed by atoms with Crippen molar-refractivity contribution in [3.63, 3.8) is 0 Å². The van der Waals surface area contributed by atoms with Crippen LogP contribution in [0.15, 0.2) is 48.5 Å². The molecule has 2 heterocycles. The lowest BCUT2D eigenvalue weighted by atomic mass is 10.1. The minimum absolute atomic E-state index is 0.0693. The Hall–Kier alpha value is -2.86. The van der Waals surface area contributed by atoms with Crippen LogP contribution in [0.4, 0.5) is 5.69 Å². The van der Waals surface area contributed by atoms with E-state index in [0.717, 1.165) is 49.5 Å². The third-order valence-electron chi connectivity index (χ3n) is 6.16. The first-order valence-electron chi connectivity index (χ1n) is 11.3. The van der Waals surface area contributed by atoms with E-state index in [1.54, 1.807) is 0 Å². The number of hydrogen-bond acceptors (Lipinski definition) is 4. The van der Waals surface area contributed by atoms with E-state index >= 15 is 0 Å². The van der Waals surface area contributed by atoms with Crippen molar-refractivity contribution in [2.75, 3.05) is 44.6 Å². The predicted octanol–water partition coefficient (Wildman–Crippen LogP) is 3.69. The van der Waals surface area contributed by atoms with E-state index in [9.17, 15) is 9.59 Å². The van der Waals surface area contributed by atoms with Crippen molar-refractivity contribution in [2.45, 2.75) is 26.9 Å². The monoisotopic (exact) mass is 420 g/mol. The van der Waals surface area contributed by atoms with Crippen LogP contribution in [-0.4, -0.2) is 65.8 Å². The summed E-state index contributed by atoms with van der Waals surface area (Å²) in [6, 6.07) is 15.4. The molecular formula is C25H32N4O2. The average molecular weight is 421 g/mol. The largest absolute Gasteiger partial charge is 0.361 e. The molecule has 0 spiro atoms. The van der Waals surface area contributed by atoms with Crippen molar-refractivity contribution in [3.8, 4) is 0 Å². The number of carbonyl (C=O) groups is 2. The maximum Gasteiger partial charge on any atom is 0.256 e. The molecule has 164 valence electrons. The quantitative estimate of drug-likeness (QED) is 0.775. The van der Waals surface area contributed by atoms with E-state index in [4.69, 9.17) is 0 Å². The fraction of sp³-hybridized carbons (Fsp3) is 0.440. The minimum atomic E-state index is -0.199. The lowest BCUT2D eigenvalue weighted by Gasteiger charge is -2.34. The van der Waals surface area contributed by atoms with Gasteiger partial charge in [-0.1, -0.05) is 39.0 Å². The van der Waals surface area contributed by atoms with Gasteiger partial charge in [-0.25, -0.2) is 0 Å². The van der Waals surface area contributed by atoms with Crippen molar-refractivity contribution in [2.24, 2.45) is 5.92 Å². The zero-order valence-corrected chi connectivity index (χ0v) is 18.7. The average Bonchev–Trinajstić information content (AvgIpc) is 3.05. The normalized spacial score (nSPS) is 19.1. The van der Waals surface area contributed by atoms with Gasteiger partial charge < -0.3 is 20.0 Å². The lowest BCUT2D eigenvalue weighted by Crippen LogP contribution is -2.48. The molecule has 2 amide bonds. The van der Waals surface area contributed by atoms with E-state index in [1.807, 2.05) is 58.3 Å². The topological polar surface area (TPSA) is 55.9 Å². The molecule has 1 atom stereocenters. The summed E-state index contributed by atoms with van der Waals surface area (Å²) in [6.07, 6.45) is -0.199. The van der Waals surface area contributed by atoms with E-state index in [1.165, 1.54) is 0 Å². The molecular weight excluding hydrogens is 388 g/mol. The number of benzene rings is 2. The van der Waals surface area contributed by atoms with Gasteiger partial charge in [0.05, 0.1) is 0 Å². The lowest BCUT2D eigenvalue weighted by molar-refractivity contribution is 0.0643. The molecule has 2 aromatic carbocycles. The second-order valence-electron chi connectivity index (χ2n) is 8.79. The molecule has 6 heteroatoms. The van der Waals surface area contributed by atoms with Gasteiger partial charge in [-0.3, -0.25) is 9.59 Å². The van der Waals surface area contributed by atoms with Crippen molar-refractivity contribution in [1.29, 1.82) is 0 Å². The van der Waals surface area contributed by atoms with Crippen LogP contribution in [0.3, 0.4) is 0 Å². The fourth-order valence-electron chi connectivity index (χ4n) is 4.42. The molecule has 1 fully saturated rings. The molecule has 0 aromatic heterocycles. The summed E-state index contributed by atoms with van der Waals surface area (Å²) < 4.78 is 0. The van der Waals surface area contributed by atoms with E-state index < -0.39 is 0 Å². The Morgan fingerprint density at radius 2 is 1.71 bits per heavy atom. The Balaban J connectivity index is 1.48. The number of carbonyl (C=O) groups excluding carboxylic acids is 2. The fourth-order valence-corrected chi connectivity index (χ4v) is 4.42. The summed E-state index contributed by atoms with van der Waals surface area (Å²) in [6.45, 7) is 11.5. The number of anilines is 1. The van der Waals surface area contributed by atoms with Gasteiger partial charge in [0.15, 0.2) is 0 Å². The first-order valence-corrected chi connectivity index (χ1v) is 11.3. The number of nitrogens with zero attached hydrogens (tertiary/aromatic N) is 3. The summed E-state index contributed by atoms with van der Waals surface area (Å²) in [4.78, 5) is 32.0. The molecule has 1 unspecified atom stereocenters. The summed E-state index contributed by atoms with van der Waals surface area (Å²) in [5.41, 5.74) is 3.37. The number of rotatable bonds is 6. The van der Waals surface area contributed by atoms with Gasteiger partial charge in [0.1, 0.15) is 6.17 Å². The van der Waals surface area contributed by atoms with Gasteiger partial charge in [-0.2, -0.15) is 0 Å². The van der Waals surface area contributed by atoms with Crippen molar-refractivity contribution in [3.05, 3.63) is 65.2 Å². The summed E-state index contributed by atoms with van der Waals surface area (Å²) >= 11 is 0. The molecule has 4 rings (SSSR count). The molecule has 1 saturated heterocycles. The number of likely N-dealkylation sites (N-methyl/N-ethyl adjacent to an activating group) is 1. The summed E-state index contributed by atoms with van der Waals surface area (Å²) in [5, 5.41) is 3.52. The van der Waals surface area contributed by atoms with Crippen LogP contribution in [0.5, 0.6) is 0 Å². The van der Waals surface area contributed by atoms with Crippen LogP contribution >= 0.6 is 0 Å². The Kier molecular flexibility index (Phi) is 6.28. The highest BCUT2D eigenvalue weighted by Crippen LogP contribution is 2.34. The van der Waals surface area contributed by atoms with Gasteiger partial charge in [0, 0.05) is 55.1 Å². The molecule has 0 bridgehead atoms. The second-order valence-corrected chi connectivity index (χ2v) is 8.79. The number of amides is 2. The Bertz CT molecular complexity index is 933. The molecule has 1 N–H and O–H groups in total. The van der Waals surface area contributed by atoms with E-state index in [2.05, 4.69) is 31.0 Å². The summed E-state index contributed by atoms with van der Waals surface area (Å²) in [7, 11) is 0. The Morgan fingerprint density at radius 1 is 1.03 bits per heavy atom. The van der Waals surface area contributed by atoms with Gasteiger partial charge in [0.2, 0.25) is 0 Å². The molecule has 2 aliphatic rings. The highest BCUT2D eigenvalue weighted by Gasteiger charge is 2.36. The van der Waals surface area contributed by atoms with Crippen LogP contribution in [0.1, 0.15) is 53.2 Å². The minimum Gasteiger partial charge on any atom is -0.361 e. The maximum atomic E-state index is 12.9. The third-order valence-corrected chi connectivity index (χ3v) is 6.16. The van der Waals surface area contributed by atoms with Crippen LogP contribution in [0.2, 0.25) is 0 Å². The standard InChI is InChI=1S/C25H32N4O2/c1-4-27-13-15-28(16-14-27)24(30)19-9-11-20(12-10-19)26-23-21-7-5-6-8-22(21)25(31)29(23)17-18(2)3/h5-12,18,23,26H,4,13-17H2,1-3H3. The molecule has 2 aromatic rings. The molecule has 0 saturated carbocycles. The molecule has 6 nitrogen and oxygen atoms in total. The van der Waals surface area contributed by atoms with Gasteiger partial charge in [0.25, 0.3) is 11.8 Å². The van der Waals surface area contributed by atoms with Crippen molar-refractivity contribution in [1.82, 2.24) is 14.7 Å². The summed E-state index contributed by atoms with van der Waals surface area (Å²) in [5.74, 6) is 0.528. The van der Waals surface area contributed by atoms with Crippen molar-refractivity contribution >= 4 is 17.5 Å². The number of fused-ring (bicyclic) bond motifs is 1. The third kappa shape index (κ3) is 4.44. The highest BCUT2D eigenvalue weighted by atomic mass is 16.2. The number of piperazine rings is 1. The first kappa shape index (κ1) is 21.4. The van der Waals surface area contributed by atoms with Crippen LogP contribution < -0.4 is 5.32 Å². The second kappa shape index (κ2) is 9.10. The molecule has 31 heavy (non-hydrogen) atoms. The van der Waals surface area contributed by atoms with E-state index in [-0.39, 0.29) is 18.0 Å². The SMILES string of the molecule is CCN1CCN(C(=O)c2ccc(NC3c4ccccc4C(=O)N3CC(C)C)cc2)CC1. The van der Waals surface area contributed by atoms with E-state index in [0.29, 0.717) is 18.0 Å². The Morgan fingerprint density at radius 3 is 2.35 bits per heavy atom. The predicted molar refractivity (Wildman–Crippen MR) is 123 cm³/mol. The van der Waals surface area contributed by atoms with Crippen LogP contribution in [-0.2, 0) is 0 Å². The zero-order valence-electron chi connectivity index (χ0n) is 18.7. The smallest absolute Gasteiger partial charge is 0.256 e. The highest BCUT2D eigenvalue weighted by molar-refractivity contribution is 5.99. The Labute approximate surface area is 184 Å². The maximum absolute atomic E-state index is 12.9. The zero-order chi connectivity index (χ0) is 22.0. The van der Waals surface area contributed by atoms with Crippen molar-refractivity contribution < 1.29 is 9.59 Å². The van der Waals surface area contributed by atoms with Gasteiger partial charge in [-0.15, -0.1) is 0 Å². The van der Waals surface area contributed by atoms with Gasteiger partial charge in [-0.05, 0) is 42.8 Å². The number of nitrogens with one attached hydrogen (secondary N) is 1. The van der Waals surface area contributed by atoms with Crippen LogP contribution in [0, 0.1) is 5.92 Å².